The van der Waals surface area contributed by atoms with Gasteiger partial charge in [0.1, 0.15) is 11.4 Å². The lowest BCUT2D eigenvalue weighted by molar-refractivity contribution is -0.0236. The van der Waals surface area contributed by atoms with Crippen molar-refractivity contribution in [3.8, 4) is 5.75 Å². The molecule has 13 heavy (non-hydrogen) atoms. The van der Waals surface area contributed by atoms with Crippen LogP contribution in [0.2, 0.25) is 5.02 Å². The Kier molecular flexibility index (Phi) is 2.81. The van der Waals surface area contributed by atoms with Crippen molar-refractivity contribution < 1.29 is 9.94 Å². The van der Waals surface area contributed by atoms with Crippen LogP contribution >= 0.6 is 11.6 Å². The molecule has 0 heterocycles. The van der Waals surface area contributed by atoms with Gasteiger partial charge >= 0.3 is 0 Å². The molecule has 0 unspecified atom stereocenters. The Bertz CT molecular complexity index is 312. The lowest BCUT2D eigenvalue weighted by Crippen LogP contribution is -2.25. The molecule has 0 bridgehead atoms. The van der Waals surface area contributed by atoms with Crippen LogP contribution < -0.4 is 5.90 Å². The molecule has 1 aromatic rings. The van der Waals surface area contributed by atoms with E-state index >= 15 is 0 Å². The minimum atomic E-state index is -0.600. The minimum Gasteiger partial charge on any atom is -0.506 e. The number of halogens is 1. The molecular weight excluding hydrogens is 190 g/mol. The van der Waals surface area contributed by atoms with E-state index in [0.717, 1.165) is 5.56 Å². The first-order chi connectivity index (χ1) is 5.97. The van der Waals surface area contributed by atoms with Gasteiger partial charge in [-0.15, -0.1) is 0 Å². The molecule has 1 aromatic carbocycles. The number of benzene rings is 1. The summed E-state index contributed by atoms with van der Waals surface area (Å²) in [5, 5.41) is 9.47. The summed E-state index contributed by atoms with van der Waals surface area (Å²) in [5.41, 5.74) is 0.218. The molecule has 4 heteroatoms. The molecule has 0 spiro atoms. The van der Waals surface area contributed by atoms with E-state index in [9.17, 15) is 5.11 Å². The Morgan fingerprint density at radius 1 is 1.46 bits per heavy atom. The number of hydrogen-bond donors (Lipinski definition) is 2. The van der Waals surface area contributed by atoms with Crippen LogP contribution in [0.25, 0.3) is 0 Å². The van der Waals surface area contributed by atoms with E-state index < -0.39 is 5.60 Å². The van der Waals surface area contributed by atoms with E-state index in [4.69, 9.17) is 22.3 Å². The van der Waals surface area contributed by atoms with E-state index in [2.05, 4.69) is 0 Å². The van der Waals surface area contributed by atoms with Crippen molar-refractivity contribution in [1.29, 1.82) is 0 Å². The molecule has 0 aliphatic heterocycles. The highest BCUT2D eigenvalue weighted by Gasteiger charge is 2.21. The lowest BCUT2D eigenvalue weighted by atomic mass is 9.98. The zero-order valence-electron chi connectivity index (χ0n) is 7.54. The van der Waals surface area contributed by atoms with Crippen LogP contribution in [0.4, 0.5) is 0 Å². The maximum absolute atomic E-state index is 9.18. The first kappa shape index (κ1) is 10.3. The quantitative estimate of drug-likeness (QED) is 0.722. The Balaban J connectivity index is 3.10. The van der Waals surface area contributed by atoms with Crippen molar-refractivity contribution in [3.63, 3.8) is 0 Å². The monoisotopic (exact) mass is 201 g/mol. The molecule has 0 aromatic heterocycles. The number of nitrogens with two attached hydrogens (primary N) is 1. The molecule has 0 saturated heterocycles. The Hall–Kier alpha value is -0.770. The van der Waals surface area contributed by atoms with Gasteiger partial charge in [0.15, 0.2) is 0 Å². The van der Waals surface area contributed by atoms with Gasteiger partial charge in [-0.1, -0.05) is 17.7 Å². The SMILES string of the molecule is CC(C)(ON)c1ccc(O)c(Cl)c1. The highest BCUT2D eigenvalue weighted by Crippen LogP contribution is 2.30. The number of rotatable bonds is 2. The van der Waals surface area contributed by atoms with Crippen LogP contribution in [0, 0.1) is 0 Å². The predicted octanol–water partition coefficient (Wildman–Crippen LogP) is 2.17. The van der Waals surface area contributed by atoms with Crippen LogP contribution in [-0.4, -0.2) is 5.11 Å². The molecule has 0 aliphatic rings. The molecule has 0 saturated carbocycles. The summed E-state index contributed by atoms with van der Waals surface area (Å²) in [6.45, 7) is 3.63. The molecule has 0 radical (unpaired) electrons. The maximum Gasteiger partial charge on any atom is 0.134 e. The van der Waals surface area contributed by atoms with Crippen molar-refractivity contribution >= 4 is 11.6 Å². The number of hydrogen-bond acceptors (Lipinski definition) is 3. The molecular formula is C9H12ClNO2. The molecule has 0 fully saturated rings. The number of phenols is 1. The summed E-state index contributed by atoms with van der Waals surface area (Å²) in [6, 6.07) is 4.86. The molecule has 72 valence electrons. The number of phenolic OH excluding ortho intramolecular Hbond substituents is 1. The van der Waals surface area contributed by atoms with E-state index in [1.165, 1.54) is 6.07 Å². The van der Waals surface area contributed by atoms with Crippen molar-refractivity contribution in [2.24, 2.45) is 5.90 Å². The minimum absolute atomic E-state index is 0.0539. The van der Waals surface area contributed by atoms with E-state index in [1.807, 2.05) is 13.8 Å². The van der Waals surface area contributed by atoms with Gasteiger partial charge in [-0.05, 0) is 31.5 Å². The van der Waals surface area contributed by atoms with E-state index in [1.54, 1.807) is 12.1 Å². The summed E-state index contributed by atoms with van der Waals surface area (Å²) >= 11 is 5.73. The fourth-order valence-corrected chi connectivity index (χ4v) is 1.13. The van der Waals surface area contributed by atoms with Gasteiger partial charge < -0.3 is 5.11 Å². The fourth-order valence-electron chi connectivity index (χ4n) is 0.949. The summed E-state index contributed by atoms with van der Waals surface area (Å²) < 4.78 is 0. The van der Waals surface area contributed by atoms with Gasteiger partial charge in [-0.2, -0.15) is 0 Å². The summed E-state index contributed by atoms with van der Waals surface area (Å²) in [6.07, 6.45) is 0. The normalized spacial score (nSPS) is 11.7. The Morgan fingerprint density at radius 3 is 2.54 bits per heavy atom. The van der Waals surface area contributed by atoms with Gasteiger partial charge in [-0.25, -0.2) is 5.90 Å². The predicted molar refractivity (Wildman–Crippen MR) is 51.4 cm³/mol. The summed E-state index contributed by atoms with van der Waals surface area (Å²) in [5.74, 6) is 5.17. The third-order valence-corrected chi connectivity index (χ3v) is 2.24. The van der Waals surface area contributed by atoms with Gasteiger partial charge in [0.05, 0.1) is 5.02 Å². The van der Waals surface area contributed by atoms with Gasteiger partial charge in [0.25, 0.3) is 0 Å². The Morgan fingerprint density at radius 2 is 2.08 bits per heavy atom. The topological polar surface area (TPSA) is 55.5 Å². The average molecular weight is 202 g/mol. The van der Waals surface area contributed by atoms with Crippen molar-refractivity contribution in [2.75, 3.05) is 0 Å². The Labute approximate surface area is 82.0 Å². The molecule has 3 nitrogen and oxygen atoms in total. The third-order valence-electron chi connectivity index (χ3n) is 1.94. The largest absolute Gasteiger partial charge is 0.506 e. The highest BCUT2D eigenvalue weighted by atomic mass is 35.5. The summed E-state index contributed by atoms with van der Waals surface area (Å²) in [4.78, 5) is 4.78. The zero-order valence-corrected chi connectivity index (χ0v) is 8.30. The maximum atomic E-state index is 9.18. The first-order valence-corrected chi connectivity index (χ1v) is 4.22. The van der Waals surface area contributed by atoms with Gasteiger partial charge in [0, 0.05) is 0 Å². The molecule has 0 amide bonds. The van der Waals surface area contributed by atoms with Crippen LogP contribution in [0.15, 0.2) is 18.2 Å². The van der Waals surface area contributed by atoms with Crippen LogP contribution in [-0.2, 0) is 10.4 Å². The summed E-state index contributed by atoms with van der Waals surface area (Å²) in [7, 11) is 0. The van der Waals surface area contributed by atoms with Crippen molar-refractivity contribution in [3.05, 3.63) is 28.8 Å². The molecule has 3 N–H and O–H groups in total. The average Bonchev–Trinajstić information content (AvgIpc) is 2.09. The molecule has 0 atom stereocenters. The van der Waals surface area contributed by atoms with Crippen LogP contribution in [0.3, 0.4) is 0 Å². The smallest absolute Gasteiger partial charge is 0.134 e. The number of aromatic hydroxyl groups is 1. The van der Waals surface area contributed by atoms with Crippen molar-refractivity contribution in [2.45, 2.75) is 19.4 Å². The second-order valence-electron chi connectivity index (χ2n) is 3.29. The fraction of sp³-hybridized carbons (Fsp3) is 0.333. The van der Waals surface area contributed by atoms with Gasteiger partial charge in [-0.3, -0.25) is 4.84 Å². The van der Waals surface area contributed by atoms with E-state index in [-0.39, 0.29) is 5.75 Å². The van der Waals surface area contributed by atoms with Crippen LogP contribution in [0.1, 0.15) is 19.4 Å². The van der Waals surface area contributed by atoms with Crippen LogP contribution in [0.5, 0.6) is 5.75 Å². The lowest BCUT2D eigenvalue weighted by Gasteiger charge is -2.22. The third kappa shape index (κ3) is 2.12. The zero-order chi connectivity index (χ0) is 10.1. The van der Waals surface area contributed by atoms with Gasteiger partial charge in [0.2, 0.25) is 0 Å². The molecule has 1 rings (SSSR count). The second-order valence-corrected chi connectivity index (χ2v) is 3.70. The standard InChI is InChI=1S/C9H12ClNO2/c1-9(2,13-11)6-3-4-8(12)7(10)5-6/h3-5,12H,11H2,1-2H3. The second kappa shape index (κ2) is 3.54. The molecule has 0 aliphatic carbocycles. The first-order valence-electron chi connectivity index (χ1n) is 3.84. The highest BCUT2D eigenvalue weighted by molar-refractivity contribution is 6.32. The van der Waals surface area contributed by atoms with E-state index in [0.29, 0.717) is 5.02 Å². The van der Waals surface area contributed by atoms with Crippen molar-refractivity contribution in [1.82, 2.24) is 0 Å².